The number of benzene rings is 2. The summed E-state index contributed by atoms with van der Waals surface area (Å²) in [5, 5.41) is 5.74. The molecule has 1 atom stereocenters. The zero-order valence-corrected chi connectivity index (χ0v) is 18.7. The molecule has 1 aliphatic rings. The molecule has 1 heterocycles. The molecule has 0 unspecified atom stereocenters. The molecular formula is C25H25FN4O3. The number of rotatable bonds is 6. The quantitative estimate of drug-likeness (QED) is 0.601. The highest BCUT2D eigenvalue weighted by atomic mass is 19.1. The molecule has 0 saturated heterocycles. The fourth-order valence-corrected chi connectivity index (χ4v) is 3.97. The van der Waals surface area contributed by atoms with Crippen molar-refractivity contribution < 1.29 is 18.7 Å². The van der Waals surface area contributed by atoms with Crippen molar-refractivity contribution in [1.82, 2.24) is 20.6 Å². The lowest BCUT2D eigenvalue weighted by atomic mass is 10.1. The van der Waals surface area contributed by atoms with Gasteiger partial charge < -0.3 is 15.4 Å². The van der Waals surface area contributed by atoms with Crippen LogP contribution in [-0.2, 0) is 13.0 Å². The third-order valence-electron chi connectivity index (χ3n) is 5.71. The highest BCUT2D eigenvalue weighted by molar-refractivity contribution is 5.97. The van der Waals surface area contributed by atoms with Crippen molar-refractivity contribution in [2.75, 3.05) is 7.11 Å². The second-order valence-corrected chi connectivity index (χ2v) is 8.16. The Morgan fingerprint density at radius 1 is 1.06 bits per heavy atom. The number of halogens is 1. The SMILES string of the molecule is COc1nc(C(=O)NCc2ccc(F)c(C)c2)cc(C(=O)N[C@H]2CCc3cc(C)ccc32)n1. The maximum absolute atomic E-state index is 13.5. The molecular weight excluding hydrogens is 423 g/mol. The first kappa shape index (κ1) is 22.4. The van der Waals surface area contributed by atoms with Crippen LogP contribution in [0, 0.1) is 19.7 Å². The summed E-state index contributed by atoms with van der Waals surface area (Å²) in [5.41, 5.74) is 4.81. The van der Waals surface area contributed by atoms with Crippen LogP contribution >= 0.6 is 0 Å². The third-order valence-corrected chi connectivity index (χ3v) is 5.71. The molecule has 2 N–H and O–H groups in total. The van der Waals surface area contributed by atoms with Gasteiger partial charge in [0.25, 0.3) is 11.8 Å². The number of nitrogens with zero attached hydrogens (tertiary/aromatic N) is 2. The maximum atomic E-state index is 13.5. The minimum absolute atomic E-state index is 0.00767. The molecule has 0 bridgehead atoms. The number of carbonyl (C=O) groups is 2. The molecule has 170 valence electrons. The fourth-order valence-electron chi connectivity index (χ4n) is 3.97. The van der Waals surface area contributed by atoms with Crippen molar-refractivity contribution in [2.24, 2.45) is 0 Å². The van der Waals surface area contributed by atoms with E-state index in [9.17, 15) is 14.0 Å². The van der Waals surface area contributed by atoms with Gasteiger partial charge in [0.05, 0.1) is 13.2 Å². The Morgan fingerprint density at radius 2 is 1.82 bits per heavy atom. The third kappa shape index (κ3) is 5.00. The summed E-state index contributed by atoms with van der Waals surface area (Å²) in [4.78, 5) is 33.8. The van der Waals surface area contributed by atoms with Gasteiger partial charge in [-0.25, -0.2) is 4.39 Å². The number of methoxy groups -OCH3 is 1. The number of amides is 2. The molecule has 4 rings (SSSR count). The first-order valence-electron chi connectivity index (χ1n) is 10.7. The smallest absolute Gasteiger partial charge is 0.317 e. The van der Waals surface area contributed by atoms with Crippen LogP contribution in [0.15, 0.2) is 42.5 Å². The number of ether oxygens (including phenoxy) is 1. The van der Waals surface area contributed by atoms with Crippen LogP contribution in [0.5, 0.6) is 6.01 Å². The molecule has 0 spiro atoms. The molecule has 0 radical (unpaired) electrons. The number of fused-ring (bicyclic) bond motifs is 1. The lowest BCUT2D eigenvalue weighted by Gasteiger charge is -2.15. The van der Waals surface area contributed by atoms with Crippen LogP contribution in [0.2, 0.25) is 0 Å². The van der Waals surface area contributed by atoms with Gasteiger partial charge in [-0.15, -0.1) is 0 Å². The molecule has 33 heavy (non-hydrogen) atoms. The van der Waals surface area contributed by atoms with E-state index < -0.39 is 11.8 Å². The molecule has 7 nitrogen and oxygen atoms in total. The number of carbonyl (C=O) groups excluding carboxylic acids is 2. The molecule has 1 aromatic heterocycles. The van der Waals surface area contributed by atoms with Gasteiger partial charge in [0.15, 0.2) is 0 Å². The lowest BCUT2D eigenvalue weighted by molar-refractivity contribution is 0.0930. The Labute approximate surface area is 191 Å². The highest BCUT2D eigenvalue weighted by Crippen LogP contribution is 2.31. The van der Waals surface area contributed by atoms with Gasteiger partial charge in [-0.05, 0) is 55.0 Å². The van der Waals surface area contributed by atoms with Crippen molar-refractivity contribution in [2.45, 2.75) is 39.3 Å². The normalized spacial score (nSPS) is 14.5. The van der Waals surface area contributed by atoms with E-state index in [1.807, 2.05) is 19.1 Å². The summed E-state index contributed by atoms with van der Waals surface area (Å²) in [6, 6.07) is 12.0. The minimum atomic E-state index is -0.492. The zero-order chi connectivity index (χ0) is 23.5. The molecule has 0 aliphatic heterocycles. The fraction of sp³-hybridized carbons (Fsp3) is 0.280. The molecule has 2 amide bonds. The van der Waals surface area contributed by atoms with Crippen LogP contribution in [0.25, 0.3) is 0 Å². The number of nitrogens with one attached hydrogen (secondary N) is 2. The van der Waals surface area contributed by atoms with Crippen molar-refractivity contribution in [3.8, 4) is 6.01 Å². The van der Waals surface area contributed by atoms with E-state index >= 15 is 0 Å². The average molecular weight is 448 g/mol. The number of aromatic nitrogens is 2. The van der Waals surface area contributed by atoms with Crippen LogP contribution in [0.3, 0.4) is 0 Å². The van der Waals surface area contributed by atoms with Crippen LogP contribution in [0.1, 0.15) is 61.3 Å². The Balaban J connectivity index is 1.48. The predicted molar refractivity (Wildman–Crippen MR) is 121 cm³/mol. The standard InChI is InChI=1S/C25H25FN4O3/c1-14-4-7-18-17(10-14)6-9-20(18)28-24(32)22-12-21(29-25(30-22)33-3)23(31)27-13-16-5-8-19(26)15(2)11-16/h4-5,7-8,10-12,20H,6,9,13H2,1-3H3,(H,27,31)(H,28,32)/t20-/m0/s1. The molecule has 0 fully saturated rings. The summed E-state index contributed by atoms with van der Waals surface area (Å²) in [6.07, 6.45) is 1.70. The van der Waals surface area contributed by atoms with Gasteiger partial charge in [0.2, 0.25) is 0 Å². The second kappa shape index (κ2) is 9.36. The summed E-state index contributed by atoms with van der Waals surface area (Å²) >= 11 is 0. The lowest BCUT2D eigenvalue weighted by Crippen LogP contribution is -2.29. The summed E-state index contributed by atoms with van der Waals surface area (Å²) in [7, 11) is 1.37. The van der Waals surface area contributed by atoms with E-state index in [2.05, 4.69) is 26.7 Å². The Bertz CT molecular complexity index is 1230. The maximum Gasteiger partial charge on any atom is 0.317 e. The van der Waals surface area contributed by atoms with Crippen molar-refractivity contribution in [3.63, 3.8) is 0 Å². The molecule has 2 aromatic carbocycles. The van der Waals surface area contributed by atoms with Gasteiger partial charge in [-0.1, -0.05) is 35.9 Å². The van der Waals surface area contributed by atoms with E-state index in [-0.39, 0.29) is 35.8 Å². The van der Waals surface area contributed by atoms with E-state index in [0.29, 0.717) is 5.56 Å². The largest absolute Gasteiger partial charge is 0.467 e. The minimum Gasteiger partial charge on any atom is -0.467 e. The molecule has 0 saturated carbocycles. The topological polar surface area (TPSA) is 93.2 Å². The molecule has 1 aliphatic carbocycles. The zero-order valence-electron chi connectivity index (χ0n) is 18.7. The molecule has 3 aromatic rings. The van der Waals surface area contributed by atoms with Crippen LogP contribution < -0.4 is 15.4 Å². The second-order valence-electron chi connectivity index (χ2n) is 8.16. The average Bonchev–Trinajstić information content (AvgIpc) is 3.20. The van der Waals surface area contributed by atoms with E-state index in [0.717, 1.165) is 24.0 Å². The number of hydrogen-bond acceptors (Lipinski definition) is 5. The van der Waals surface area contributed by atoms with Crippen molar-refractivity contribution >= 4 is 11.8 Å². The Hall–Kier alpha value is -3.81. The van der Waals surface area contributed by atoms with Gasteiger partial charge in [0, 0.05) is 12.6 Å². The van der Waals surface area contributed by atoms with E-state index in [4.69, 9.17) is 4.74 Å². The summed E-state index contributed by atoms with van der Waals surface area (Å²) in [6.45, 7) is 3.89. The van der Waals surface area contributed by atoms with Crippen molar-refractivity contribution in [1.29, 1.82) is 0 Å². The Kier molecular flexibility index (Phi) is 6.35. The first-order chi connectivity index (χ1) is 15.8. The van der Waals surface area contributed by atoms with Crippen molar-refractivity contribution in [3.05, 3.63) is 87.5 Å². The number of aryl methyl sites for hydroxylation is 3. The predicted octanol–water partition coefficient (Wildman–Crippen LogP) is 3.59. The highest BCUT2D eigenvalue weighted by Gasteiger charge is 2.25. The van der Waals surface area contributed by atoms with E-state index in [1.54, 1.807) is 19.1 Å². The van der Waals surface area contributed by atoms with Crippen LogP contribution in [-0.4, -0.2) is 28.9 Å². The summed E-state index contributed by atoms with van der Waals surface area (Å²) in [5.74, 6) is -1.20. The Morgan fingerprint density at radius 3 is 2.55 bits per heavy atom. The van der Waals surface area contributed by atoms with Gasteiger partial charge in [-0.2, -0.15) is 9.97 Å². The molecule has 8 heteroatoms. The summed E-state index contributed by atoms with van der Waals surface area (Å²) < 4.78 is 18.6. The van der Waals surface area contributed by atoms with Crippen LogP contribution in [0.4, 0.5) is 4.39 Å². The first-order valence-corrected chi connectivity index (χ1v) is 10.7. The van der Waals surface area contributed by atoms with Gasteiger partial charge >= 0.3 is 6.01 Å². The van der Waals surface area contributed by atoms with Gasteiger partial charge in [0.1, 0.15) is 17.2 Å². The van der Waals surface area contributed by atoms with Gasteiger partial charge in [-0.3, -0.25) is 9.59 Å². The van der Waals surface area contributed by atoms with E-state index in [1.165, 1.54) is 30.4 Å². The monoisotopic (exact) mass is 448 g/mol. The number of hydrogen-bond donors (Lipinski definition) is 2.